The first-order valence-electron chi connectivity index (χ1n) is 6.07. The van der Waals surface area contributed by atoms with Gasteiger partial charge in [-0.3, -0.25) is 4.79 Å². The van der Waals surface area contributed by atoms with Crippen LogP contribution in [0.1, 0.15) is 34.1 Å². The average molecular weight is 243 g/mol. The maximum atomic E-state index is 11.2. The van der Waals surface area contributed by atoms with Gasteiger partial charge in [0.1, 0.15) is 0 Å². The lowest BCUT2D eigenvalue weighted by Gasteiger charge is -2.38. The van der Waals surface area contributed by atoms with Crippen LogP contribution in [0.15, 0.2) is 0 Å². The third-order valence-corrected chi connectivity index (χ3v) is 8.39. The molecule has 1 aliphatic heterocycles. The Morgan fingerprint density at radius 1 is 1.38 bits per heavy atom. The zero-order valence-electron chi connectivity index (χ0n) is 11.5. The van der Waals surface area contributed by atoms with E-state index in [9.17, 15) is 4.79 Å². The number of amides is 1. The molecule has 0 spiro atoms. The van der Waals surface area contributed by atoms with E-state index in [0.717, 1.165) is 19.5 Å². The highest BCUT2D eigenvalue weighted by Crippen LogP contribution is 2.38. The molecule has 1 atom stereocenters. The second-order valence-corrected chi connectivity index (χ2v) is 11.0. The molecule has 0 aliphatic carbocycles. The molecule has 1 fully saturated rings. The standard InChI is InChI=1S/C12H25NO2Si/c1-10(14)13-8-7-11(9-13)15-16(5,6)12(2,3)4/h11H,7-9H2,1-6H3/t11-/m1/s1. The maximum Gasteiger partial charge on any atom is 0.219 e. The quantitative estimate of drug-likeness (QED) is 0.698. The molecule has 0 aromatic rings. The molecule has 1 rings (SSSR count). The van der Waals surface area contributed by atoms with Gasteiger partial charge in [0, 0.05) is 20.0 Å². The van der Waals surface area contributed by atoms with E-state index in [2.05, 4.69) is 33.9 Å². The average Bonchev–Trinajstić information content (AvgIpc) is 2.49. The summed E-state index contributed by atoms with van der Waals surface area (Å²) in [5, 5.41) is 0.247. The van der Waals surface area contributed by atoms with Gasteiger partial charge in [0.15, 0.2) is 8.32 Å². The van der Waals surface area contributed by atoms with Gasteiger partial charge in [0.05, 0.1) is 6.10 Å². The molecule has 4 heteroatoms. The van der Waals surface area contributed by atoms with E-state index in [1.165, 1.54) is 0 Å². The second-order valence-electron chi connectivity index (χ2n) is 6.25. The van der Waals surface area contributed by atoms with E-state index in [1.54, 1.807) is 6.92 Å². The number of carbonyl (C=O) groups excluding carboxylic acids is 1. The SMILES string of the molecule is CC(=O)N1CC[C@@H](O[Si](C)(C)C(C)(C)C)C1. The van der Waals surface area contributed by atoms with Crippen LogP contribution in [0.5, 0.6) is 0 Å². The largest absolute Gasteiger partial charge is 0.412 e. The normalized spacial score (nSPS) is 22.6. The maximum absolute atomic E-state index is 11.2. The zero-order valence-corrected chi connectivity index (χ0v) is 12.5. The Kier molecular flexibility index (Phi) is 3.85. The fourth-order valence-electron chi connectivity index (χ4n) is 1.70. The zero-order chi connectivity index (χ0) is 12.6. The van der Waals surface area contributed by atoms with Crippen LogP contribution in [-0.4, -0.2) is 38.3 Å². The first kappa shape index (κ1) is 13.7. The number of carbonyl (C=O) groups is 1. The number of rotatable bonds is 2. The smallest absolute Gasteiger partial charge is 0.219 e. The lowest BCUT2D eigenvalue weighted by atomic mass is 10.2. The monoisotopic (exact) mass is 243 g/mol. The fourth-order valence-corrected chi connectivity index (χ4v) is 3.08. The molecule has 0 saturated carbocycles. The lowest BCUT2D eigenvalue weighted by Crippen LogP contribution is -2.44. The molecular formula is C12H25NO2Si. The predicted octanol–water partition coefficient (Wildman–Crippen LogP) is 2.63. The number of hydrogen-bond donors (Lipinski definition) is 0. The molecule has 1 heterocycles. The summed E-state index contributed by atoms with van der Waals surface area (Å²) in [5.41, 5.74) is 0. The van der Waals surface area contributed by atoms with Crippen molar-refractivity contribution in [2.24, 2.45) is 0 Å². The van der Waals surface area contributed by atoms with E-state index in [0.29, 0.717) is 0 Å². The lowest BCUT2D eigenvalue weighted by molar-refractivity contribution is -0.128. The van der Waals surface area contributed by atoms with Gasteiger partial charge in [-0.1, -0.05) is 20.8 Å². The summed E-state index contributed by atoms with van der Waals surface area (Å²) in [6.45, 7) is 14.5. The Morgan fingerprint density at radius 2 is 1.94 bits per heavy atom. The van der Waals surface area contributed by atoms with E-state index in [1.807, 2.05) is 4.90 Å². The van der Waals surface area contributed by atoms with Gasteiger partial charge < -0.3 is 9.33 Å². The molecule has 0 aromatic heterocycles. The van der Waals surface area contributed by atoms with Gasteiger partial charge in [-0.25, -0.2) is 0 Å². The van der Waals surface area contributed by atoms with Crippen molar-refractivity contribution in [3.05, 3.63) is 0 Å². The van der Waals surface area contributed by atoms with Crippen molar-refractivity contribution in [1.82, 2.24) is 4.90 Å². The van der Waals surface area contributed by atoms with Crippen LogP contribution in [0, 0.1) is 0 Å². The Morgan fingerprint density at radius 3 is 2.31 bits per heavy atom. The van der Waals surface area contributed by atoms with E-state index < -0.39 is 8.32 Å². The summed E-state index contributed by atoms with van der Waals surface area (Å²) in [6, 6.07) is 0. The summed E-state index contributed by atoms with van der Waals surface area (Å²) >= 11 is 0. The molecule has 0 aromatic carbocycles. The number of likely N-dealkylation sites (tertiary alicyclic amines) is 1. The van der Waals surface area contributed by atoms with Gasteiger partial charge in [-0.2, -0.15) is 0 Å². The summed E-state index contributed by atoms with van der Waals surface area (Å²) in [5.74, 6) is 0.168. The van der Waals surface area contributed by atoms with Crippen LogP contribution in [0.2, 0.25) is 18.1 Å². The summed E-state index contributed by atoms with van der Waals surface area (Å²) < 4.78 is 6.29. The van der Waals surface area contributed by atoms with Crippen molar-refractivity contribution in [1.29, 1.82) is 0 Å². The Hall–Kier alpha value is -0.353. The molecule has 0 N–H and O–H groups in total. The van der Waals surface area contributed by atoms with Crippen molar-refractivity contribution in [2.75, 3.05) is 13.1 Å². The van der Waals surface area contributed by atoms with Crippen LogP contribution < -0.4 is 0 Å². The minimum atomic E-state index is -1.67. The van der Waals surface area contributed by atoms with Crippen molar-refractivity contribution in [3.8, 4) is 0 Å². The van der Waals surface area contributed by atoms with Crippen molar-refractivity contribution < 1.29 is 9.22 Å². The molecule has 1 saturated heterocycles. The molecule has 94 valence electrons. The molecular weight excluding hydrogens is 218 g/mol. The molecule has 1 aliphatic rings. The van der Waals surface area contributed by atoms with Crippen LogP contribution in [0.4, 0.5) is 0 Å². The molecule has 0 unspecified atom stereocenters. The highest BCUT2D eigenvalue weighted by Gasteiger charge is 2.40. The van der Waals surface area contributed by atoms with Crippen LogP contribution in [0.25, 0.3) is 0 Å². The van der Waals surface area contributed by atoms with Crippen LogP contribution in [-0.2, 0) is 9.22 Å². The van der Waals surface area contributed by atoms with Crippen LogP contribution in [0.3, 0.4) is 0 Å². The Bertz CT molecular complexity index is 271. The summed E-state index contributed by atoms with van der Waals surface area (Å²) in [6.07, 6.45) is 1.25. The van der Waals surface area contributed by atoms with Gasteiger partial charge in [-0.15, -0.1) is 0 Å². The topological polar surface area (TPSA) is 29.5 Å². The minimum absolute atomic E-state index is 0.168. The van der Waals surface area contributed by atoms with E-state index in [-0.39, 0.29) is 17.0 Å². The van der Waals surface area contributed by atoms with Gasteiger partial charge in [-0.05, 0) is 24.6 Å². The second kappa shape index (κ2) is 4.49. The van der Waals surface area contributed by atoms with Gasteiger partial charge in [0.2, 0.25) is 5.91 Å². The first-order chi connectivity index (χ1) is 7.13. The first-order valence-corrected chi connectivity index (χ1v) is 8.97. The summed E-state index contributed by atoms with van der Waals surface area (Å²) in [7, 11) is -1.67. The Labute approximate surface area is 100 Å². The van der Waals surface area contributed by atoms with Crippen molar-refractivity contribution in [2.45, 2.75) is 58.4 Å². The third-order valence-electron chi connectivity index (χ3n) is 3.86. The third kappa shape index (κ3) is 3.07. The highest BCUT2D eigenvalue weighted by atomic mass is 28.4. The Balaban J connectivity index is 2.54. The summed E-state index contributed by atoms with van der Waals surface area (Å²) in [4.78, 5) is 13.1. The molecule has 0 bridgehead atoms. The molecule has 3 nitrogen and oxygen atoms in total. The number of hydrogen-bond acceptors (Lipinski definition) is 2. The fraction of sp³-hybridized carbons (Fsp3) is 0.917. The van der Waals surface area contributed by atoms with Crippen molar-refractivity contribution in [3.63, 3.8) is 0 Å². The van der Waals surface area contributed by atoms with E-state index in [4.69, 9.17) is 4.43 Å². The molecule has 0 radical (unpaired) electrons. The van der Waals surface area contributed by atoms with Crippen molar-refractivity contribution >= 4 is 14.2 Å². The predicted molar refractivity (Wildman–Crippen MR) is 68.9 cm³/mol. The minimum Gasteiger partial charge on any atom is -0.412 e. The van der Waals surface area contributed by atoms with Gasteiger partial charge in [0.25, 0.3) is 0 Å². The van der Waals surface area contributed by atoms with E-state index >= 15 is 0 Å². The molecule has 1 amide bonds. The highest BCUT2D eigenvalue weighted by molar-refractivity contribution is 6.74. The number of nitrogens with zero attached hydrogens (tertiary/aromatic N) is 1. The van der Waals surface area contributed by atoms with Gasteiger partial charge >= 0.3 is 0 Å². The van der Waals surface area contributed by atoms with Crippen LogP contribution >= 0.6 is 0 Å². The molecule has 16 heavy (non-hydrogen) atoms.